The SMILES string of the molecule is CC1(C)CN(CC(=O)N2CCCC2)c2ccc(S(=O)(=O)Nc3ccccc3F)cc21. The summed E-state index contributed by atoms with van der Waals surface area (Å²) < 4.78 is 41.9. The van der Waals surface area contributed by atoms with Crippen LogP contribution in [-0.2, 0) is 20.2 Å². The Bertz CT molecular complexity index is 1080. The zero-order chi connectivity index (χ0) is 21.5. The highest BCUT2D eigenvalue weighted by Crippen LogP contribution is 2.41. The van der Waals surface area contributed by atoms with Crippen LogP contribution in [0.2, 0.25) is 0 Å². The standard InChI is InChI=1S/C22H26FN3O3S/c1-22(2)15-26(14-21(27)25-11-5-6-12-25)20-10-9-16(13-17(20)22)30(28,29)24-19-8-4-3-7-18(19)23/h3-4,7-10,13,24H,5-6,11-12,14-15H2,1-2H3. The summed E-state index contributed by atoms with van der Waals surface area (Å²) in [5.74, 6) is -0.525. The molecule has 0 bridgehead atoms. The third-order valence-corrected chi connectivity index (χ3v) is 7.20. The fourth-order valence-corrected chi connectivity index (χ4v) is 5.36. The number of carbonyl (C=O) groups is 1. The van der Waals surface area contributed by atoms with Gasteiger partial charge in [0.2, 0.25) is 5.91 Å². The van der Waals surface area contributed by atoms with Gasteiger partial charge >= 0.3 is 0 Å². The van der Waals surface area contributed by atoms with Crippen molar-refractivity contribution in [3.63, 3.8) is 0 Å². The molecule has 2 heterocycles. The lowest BCUT2D eigenvalue weighted by atomic mass is 9.87. The average molecular weight is 432 g/mol. The van der Waals surface area contributed by atoms with Crippen molar-refractivity contribution in [3.8, 4) is 0 Å². The Morgan fingerprint density at radius 3 is 2.53 bits per heavy atom. The molecule has 0 unspecified atom stereocenters. The van der Waals surface area contributed by atoms with E-state index in [0.717, 1.165) is 37.2 Å². The van der Waals surface area contributed by atoms with Crippen LogP contribution in [0, 0.1) is 5.82 Å². The lowest BCUT2D eigenvalue weighted by Crippen LogP contribution is -2.40. The number of sulfonamides is 1. The van der Waals surface area contributed by atoms with Crippen molar-refractivity contribution in [1.82, 2.24) is 4.90 Å². The van der Waals surface area contributed by atoms with Crippen LogP contribution in [0.3, 0.4) is 0 Å². The van der Waals surface area contributed by atoms with E-state index in [4.69, 9.17) is 0 Å². The molecule has 0 aliphatic carbocycles. The maximum absolute atomic E-state index is 13.9. The van der Waals surface area contributed by atoms with Crippen LogP contribution in [-0.4, -0.2) is 45.4 Å². The van der Waals surface area contributed by atoms with E-state index in [-0.39, 0.29) is 28.4 Å². The summed E-state index contributed by atoms with van der Waals surface area (Å²) in [4.78, 5) is 16.6. The fraction of sp³-hybridized carbons (Fsp3) is 0.409. The predicted octanol–water partition coefficient (Wildman–Crippen LogP) is 3.35. The number of nitrogens with one attached hydrogen (secondary N) is 1. The lowest BCUT2D eigenvalue weighted by Gasteiger charge is -2.24. The number of amides is 1. The highest BCUT2D eigenvalue weighted by molar-refractivity contribution is 7.92. The van der Waals surface area contributed by atoms with Gasteiger partial charge in [-0.15, -0.1) is 0 Å². The van der Waals surface area contributed by atoms with Gasteiger partial charge in [0.25, 0.3) is 10.0 Å². The first-order valence-electron chi connectivity index (χ1n) is 10.1. The van der Waals surface area contributed by atoms with E-state index in [1.807, 2.05) is 23.6 Å². The first-order valence-corrected chi connectivity index (χ1v) is 11.6. The van der Waals surface area contributed by atoms with Gasteiger partial charge < -0.3 is 9.80 Å². The van der Waals surface area contributed by atoms with Crippen LogP contribution in [0.25, 0.3) is 0 Å². The molecule has 2 aromatic rings. The molecule has 0 atom stereocenters. The molecule has 0 spiro atoms. The van der Waals surface area contributed by atoms with Crippen molar-refractivity contribution < 1.29 is 17.6 Å². The zero-order valence-corrected chi connectivity index (χ0v) is 18.0. The molecule has 0 aromatic heterocycles. The van der Waals surface area contributed by atoms with Gasteiger partial charge in [0, 0.05) is 30.7 Å². The van der Waals surface area contributed by atoms with Crippen LogP contribution in [0.1, 0.15) is 32.3 Å². The number of nitrogens with zero attached hydrogens (tertiary/aromatic N) is 2. The molecule has 1 amide bonds. The molecule has 1 saturated heterocycles. The largest absolute Gasteiger partial charge is 0.361 e. The molecule has 0 radical (unpaired) electrons. The first-order chi connectivity index (χ1) is 14.2. The molecule has 8 heteroatoms. The van der Waals surface area contributed by atoms with Crippen LogP contribution in [0.15, 0.2) is 47.4 Å². The summed E-state index contributed by atoms with van der Waals surface area (Å²) in [5.41, 5.74) is 1.34. The number of hydrogen-bond acceptors (Lipinski definition) is 4. The summed E-state index contributed by atoms with van der Waals surface area (Å²) >= 11 is 0. The molecule has 1 fully saturated rings. The number of fused-ring (bicyclic) bond motifs is 1. The summed E-state index contributed by atoms with van der Waals surface area (Å²) in [6.07, 6.45) is 2.09. The minimum absolute atomic E-state index is 0.0743. The Kier molecular flexibility index (Phi) is 5.22. The van der Waals surface area contributed by atoms with E-state index in [9.17, 15) is 17.6 Å². The van der Waals surface area contributed by atoms with Gasteiger partial charge in [0.15, 0.2) is 0 Å². The van der Waals surface area contributed by atoms with Crippen molar-refractivity contribution in [3.05, 3.63) is 53.8 Å². The molecule has 0 saturated carbocycles. The Balaban J connectivity index is 1.60. The number of likely N-dealkylation sites (tertiary alicyclic amines) is 1. The van der Waals surface area contributed by atoms with Crippen molar-refractivity contribution in [2.24, 2.45) is 0 Å². The quantitative estimate of drug-likeness (QED) is 0.788. The Morgan fingerprint density at radius 2 is 1.83 bits per heavy atom. The van der Waals surface area contributed by atoms with E-state index in [1.54, 1.807) is 18.2 Å². The molecule has 160 valence electrons. The lowest BCUT2D eigenvalue weighted by molar-refractivity contribution is -0.128. The average Bonchev–Trinajstić information content (AvgIpc) is 3.31. The second-order valence-corrected chi connectivity index (χ2v) is 10.3. The summed E-state index contributed by atoms with van der Waals surface area (Å²) in [6.45, 7) is 6.60. The minimum atomic E-state index is -3.94. The van der Waals surface area contributed by atoms with E-state index < -0.39 is 15.8 Å². The van der Waals surface area contributed by atoms with Crippen LogP contribution in [0.5, 0.6) is 0 Å². The van der Waals surface area contributed by atoms with Gasteiger partial charge in [0.05, 0.1) is 17.1 Å². The Hall–Kier alpha value is -2.61. The third-order valence-electron chi connectivity index (χ3n) is 5.84. The number of carbonyl (C=O) groups excluding carboxylic acids is 1. The van der Waals surface area contributed by atoms with Gasteiger partial charge in [-0.25, -0.2) is 12.8 Å². The normalized spacial score (nSPS) is 17.8. The summed E-state index contributed by atoms with van der Waals surface area (Å²) in [7, 11) is -3.94. The Labute approximate surface area is 176 Å². The monoisotopic (exact) mass is 431 g/mol. The van der Waals surface area contributed by atoms with Crippen LogP contribution in [0.4, 0.5) is 15.8 Å². The summed E-state index contributed by atoms with van der Waals surface area (Å²) in [6, 6.07) is 10.6. The molecule has 2 aromatic carbocycles. The number of hydrogen-bond donors (Lipinski definition) is 1. The molecular weight excluding hydrogens is 405 g/mol. The molecule has 1 N–H and O–H groups in total. The molecule has 2 aliphatic heterocycles. The number of benzene rings is 2. The van der Waals surface area contributed by atoms with Gasteiger partial charge in [-0.2, -0.15) is 0 Å². The third kappa shape index (κ3) is 3.88. The minimum Gasteiger partial charge on any atom is -0.361 e. The first kappa shape index (κ1) is 20.7. The van der Waals surface area contributed by atoms with Crippen molar-refractivity contribution >= 4 is 27.3 Å². The zero-order valence-electron chi connectivity index (χ0n) is 17.2. The van der Waals surface area contributed by atoms with Crippen LogP contribution >= 0.6 is 0 Å². The second kappa shape index (κ2) is 7.58. The van der Waals surface area contributed by atoms with E-state index in [1.165, 1.54) is 24.3 Å². The molecule has 6 nitrogen and oxygen atoms in total. The summed E-state index contributed by atoms with van der Waals surface area (Å²) in [5, 5.41) is 0. The fourth-order valence-electron chi connectivity index (χ4n) is 4.27. The molecule has 30 heavy (non-hydrogen) atoms. The maximum atomic E-state index is 13.9. The van der Waals surface area contributed by atoms with Crippen LogP contribution < -0.4 is 9.62 Å². The predicted molar refractivity (Wildman–Crippen MR) is 115 cm³/mol. The van der Waals surface area contributed by atoms with E-state index in [2.05, 4.69) is 4.72 Å². The second-order valence-electron chi connectivity index (χ2n) is 8.59. The van der Waals surface area contributed by atoms with E-state index in [0.29, 0.717) is 6.54 Å². The molecular formula is C22H26FN3O3S. The smallest absolute Gasteiger partial charge is 0.261 e. The van der Waals surface area contributed by atoms with Crippen molar-refractivity contribution in [2.75, 3.05) is 35.8 Å². The number of para-hydroxylation sites is 1. The van der Waals surface area contributed by atoms with Crippen molar-refractivity contribution in [1.29, 1.82) is 0 Å². The highest BCUT2D eigenvalue weighted by atomic mass is 32.2. The number of rotatable bonds is 5. The van der Waals surface area contributed by atoms with Crippen molar-refractivity contribution in [2.45, 2.75) is 37.0 Å². The number of halogens is 1. The molecule has 4 rings (SSSR count). The van der Waals surface area contributed by atoms with Gasteiger partial charge in [-0.3, -0.25) is 9.52 Å². The topological polar surface area (TPSA) is 69.7 Å². The Morgan fingerprint density at radius 1 is 1.13 bits per heavy atom. The van der Waals surface area contributed by atoms with E-state index >= 15 is 0 Å². The highest BCUT2D eigenvalue weighted by Gasteiger charge is 2.37. The van der Waals surface area contributed by atoms with Gasteiger partial charge in [0.1, 0.15) is 5.82 Å². The van der Waals surface area contributed by atoms with Gasteiger partial charge in [-0.1, -0.05) is 26.0 Å². The number of anilines is 2. The van der Waals surface area contributed by atoms with Gasteiger partial charge in [-0.05, 0) is 48.7 Å². The molecule has 2 aliphatic rings. The maximum Gasteiger partial charge on any atom is 0.261 e.